The number of benzene rings is 1. The molecule has 2 heteroatoms. The van der Waals surface area contributed by atoms with E-state index in [1.165, 1.54) is 24.8 Å². The molecule has 1 aromatic rings. The van der Waals surface area contributed by atoms with E-state index in [2.05, 4.69) is 50.4 Å². The average molecular weight is 263 g/mol. The first-order valence-corrected chi connectivity index (χ1v) is 7.77. The van der Waals surface area contributed by atoms with Gasteiger partial charge in [-0.1, -0.05) is 45.7 Å². The predicted octanol–water partition coefficient (Wildman–Crippen LogP) is 4.71. The van der Waals surface area contributed by atoms with Gasteiger partial charge < -0.3 is 10.1 Å². The Morgan fingerprint density at radius 1 is 1.00 bits per heavy atom. The molecule has 0 aliphatic rings. The van der Waals surface area contributed by atoms with Crippen LogP contribution in [0.3, 0.4) is 0 Å². The van der Waals surface area contributed by atoms with Gasteiger partial charge in [-0.3, -0.25) is 0 Å². The normalized spacial score (nSPS) is 12.4. The van der Waals surface area contributed by atoms with E-state index in [1.54, 1.807) is 0 Å². The van der Waals surface area contributed by atoms with Crippen molar-refractivity contribution in [1.29, 1.82) is 0 Å². The number of ether oxygens (including phenoxy) is 1. The molecule has 0 saturated carbocycles. The van der Waals surface area contributed by atoms with Gasteiger partial charge in [0.25, 0.3) is 0 Å². The Balaban J connectivity index is 2.47. The third kappa shape index (κ3) is 6.11. The second-order valence-corrected chi connectivity index (χ2v) is 5.04. The van der Waals surface area contributed by atoms with Crippen molar-refractivity contribution in [3.05, 3.63) is 29.8 Å². The first-order chi connectivity index (χ1) is 9.31. The van der Waals surface area contributed by atoms with E-state index in [9.17, 15) is 0 Å². The third-order valence-corrected chi connectivity index (χ3v) is 3.38. The van der Waals surface area contributed by atoms with E-state index >= 15 is 0 Å². The fourth-order valence-electron chi connectivity index (χ4n) is 2.08. The molecule has 0 spiro atoms. The Bertz CT molecular complexity index is 321. The van der Waals surface area contributed by atoms with Crippen LogP contribution in [0.4, 0.5) is 0 Å². The second-order valence-electron chi connectivity index (χ2n) is 5.04. The molecule has 108 valence electrons. The van der Waals surface area contributed by atoms with E-state index in [-0.39, 0.29) is 0 Å². The van der Waals surface area contributed by atoms with Gasteiger partial charge >= 0.3 is 0 Å². The maximum absolute atomic E-state index is 5.69. The Kier molecular flexibility index (Phi) is 8.31. The quantitative estimate of drug-likeness (QED) is 0.617. The summed E-state index contributed by atoms with van der Waals surface area (Å²) >= 11 is 0. The highest BCUT2D eigenvalue weighted by molar-refractivity contribution is 5.29. The van der Waals surface area contributed by atoms with Crippen molar-refractivity contribution >= 4 is 0 Å². The first-order valence-electron chi connectivity index (χ1n) is 7.77. The molecule has 2 nitrogen and oxygen atoms in total. The Hall–Kier alpha value is -1.02. The van der Waals surface area contributed by atoms with E-state index in [0.29, 0.717) is 6.04 Å². The SMILES string of the molecule is CCCCNC(CC)c1ccc(OCCCC)cc1. The van der Waals surface area contributed by atoms with E-state index in [1.807, 2.05) is 0 Å². The van der Waals surface area contributed by atoms with Crippen molar-refractivity contribution in [2.24, 2.45) is 0 Å². The second kappa shape index (κ2) is 9.85. The minimum Gasteiger partial charge on any atom is -0.494 e. The number of unbranched alkanes of at least 4 members (excludes halogenated alkanes) is 2. The van der Waals surface area contributed by atoms with Crippen molar-refractivity contribution in [1.82, 2.24) is 5.32 Å². The summed E-state index contributed by atoms with van der Waals surface area (Å²) < 4.78 is 5.69. The van der Waals surface area contributed by atoms with Crippen LogP contribution in [0.25, 0.3) is 0 Å². The van der Waals surface area contributed by atoms with Gasteiger partial charge in [-0.25, -0.2) is 0 Å². The average Bonchev–Trinajstić information content (AvgIpc) is 2.45. The molecule has 0 saturated heterocycles. The van der Waals surface area contributed by atoms with Gasteiger partial charge in [0, 0.05) is 6.04 Å². The maximum atomic E-state index is 5.69. The zero-order valence-electron chi connectivity index (χ0n) is 12.7. The van der Waals surface area contributed by atoms with Crippen LogP contribution in [0, 0.1) is 0 Å². The molecule has 1 rings (SSSR count). The van der Waals surface area contributed by atoms with Gasteiger partial charge in [0.2, 0.25) is 0 Å². The Labute approximate surface area is 118 Å². The van der Waals surface area contributed by atoms with Crippen molar-refractivity contribution in [3.8, 4) is 5.75 Å². The molecule has 0 heterocycles. The predicted molar refractivity (Wildman–Crippen MR) is 82.8 cm³/mol. The van der Waals surface area contributed by atoms with Crippen LogP contribution in [-0.2, 0) is 0 Å². The molecule has 0 aromatic heterocycles. The third-order valence-electron chi connectivity index (χ3n) is 3.38. The maximum Gasteiger partial charge on any atom is 0.119 e. The van der Waals surface area contributed by atoms with Crippen molar-refractivity contribution in [3.63, 3.8) is 0 Å². The summed E-state index contributed by atoms with van der Waals surface area (Å²) in [6.45, 7) is 8.56. The fourth-order valence-corrected chi connectivity index (χ4v) is 2.08. The Morgan fingerprint density at radius 2 is 1.68 bits per heavy atom. The van der Waals surface area contributed by atoms with Crippen molar-refractivity contribution in [2.45, 2.75) is 58.9 Å². The van der Waals surface area contributed by atoms with Crippen LogP contribution in [0.1, 0.15) is 64.5 Å². The fraction of sp³-hybridized carbons (Fsp3) is 0.647. The molecule has 0 bridgehead atoms. The van der Waals surface area contributed by atoms with Gasteiger partial charge in [-0.2, -0.15) is 0 Å². The lowest BCUT2D eigenvalue weighted by Crippen LogP contribution is -2.21. The lowest BCUT2D eigenvalue weighted by molar-refractivity contribution is 0.309. The van der Waals surface area contributed by atoms with Crippen LogP contribution in [0.2, 0.25) is 0 Å². The van der Waals surface area contributed by atoms with Crippen molar-refractivity contribution < 1.29 is 4.74 Å². The van der Waals surface area contributed by atoms with Gasteiger partial charge in [-0.15, -0.1) is 0 Å². The standard InChI is InChI=1S/C17H29NO/c1-4-7-13-18-17(6-3)15-9-11-16(12-10-15)19-14-8-5-2/h9-12,17-18H,4-8,13-14H2,1-3H3. The molecule has 1 aromatic carbocycles. The minimum absolute atomic E-state index is 0.469. The van der Waals surface area contributed by atoms with E-state index in [0.717, 1.165) is 31.7 Å². The van der Waals surface area contributed by atoms with Crippen molar-refractivity contribution in [2.75, 3.05) is 13.2 Å². The number of hydrogen-bond acceptors (Lipinski definition) is 2. The highest BCUT2D eigenvalue weighted by Gasteiger charge is 2.07. The summed E-state index contributed by atoms with van der Waals surface area (Å²) in [6.07, 6.45) is 5.91. The van der Waals surface area contributed by atoms with Gasteiger partial charge in [0.05, 0.1) is 6.61 Å². The Morgan fingerprint density at radius 3 is 2.26 bits per heavy atom. The molecule has 1 N–H and O–H groups in total. The van der Waals surface area contributed by atoms with Crippen LogP contribution >= 0.6 is 0 Å². The summed E-state index contributed by atoms with van der Waals surface area (Å²) in [5.41, 5.74) is 1.36. The molecule has 1 unspecified atom stereocenters. The lowest BCUT2D eigenvalue weighted by Gasteiger charge is -2.17. The summed E-state index contributed by atoms with van der Waals surface area (Å²) in [6, 6.07) is 9.03. The highest BCUT2D eigenvalue weighted by atomic mass is 16.5. The highest BCUT2D eigenvalue weighted by Crippen LogP contribution is 2.20. The summed E-state index contributed by atoms with van der Waals surface area (Å²) in [7, 11) is 0. The van der Waals surface area contributed by atoms with Crippen LogP contribution < -0.4 is 10.1 Å². The van der Waals surface area contributed by atoms with Crippen LogP contribution in [0.15, 0.2) is 24.3 Å². The van der Waals surface area contributed by atoms with E-state index < -0.39 is 0 Å². The molecule has 1 atom stereocenters. The first kappa shape index (κ1) is 16.0. The zero-order valence-corrected chi connectivity index (χ0v) is 12.7. The largest absolute Gasteiger partial charge is 0.494 e. The van der Waals surface area contributed by atoms with E-state index in [4.69, 9.17) is 4.74 Å². The van der Waals surface area contributed by atoms with Gasteiger partial charge in [0.15, 0.2) is 0 Å². The molecule has 0 aliphatic heterocycles. The molecule has 19 heavy (non-hydrogen) atoms. The topological polar surface area (TPSA) is 21.3 Å². The van der Waals surface area contributed by atoms with Gasteiger partial charge in [-0.05, 0) is 43.5 Å². The number of rotatable bonds is 10. The number of hydrogen-bond donors (Lipinski definition) is 1. The smallest absolute Gasteiger partial charge is 0.119 e. The molecule has 0 radical (unpaired) electrons. The summed E-state index contributed by atoms with van der Waals surface area (Å²) in [4.78, 5) is 0. The molecular formula is C17H29NO. The molecule has 0 fully saturated rings. The molecular weight excluding hydrogens is 234 g/mol. The van der Waals surface area contributed by atoms with Gasteiger partial charge in [0.1, 0.15) is 5.75 Å². The lowest BCUT2D eigenvalue weighted by atomic mass is 10.0. The summed E-state index contributed by atoms with van der Waals surface area (Å²) in [5.74, 6) is 0.987. The molecule has 0 aliphatic carbocycles. The minimum atomic E-state index is 0.469. The monoisotopic (exact) mass is 263 g/mol. The zero-order chi connectivity index (χ0) is 13.9. The van der Waals surface area contributed by atoms with Crippen LogP contribution in [0.5, 0.6) is 5.75 Å². The molecule has 0 amide bonds. The summed E-state index contributed by atoms with van der Waals surface area (Å²) in [5, 5.41) is 3.62. The number of nitrogens with one attached hydrogen (secondary N) is 1. The van der Waals surface area contributed by atoms with Crippen LogP contribution in [-0.4, -0.2) is 13.2 Å².